The quantitative estimate of drug-likeness (QED) is 0.432. The van der Waals surface area contributed by atoms with Crippen LogP contribution in [0.1, 0.15) is 55.7 Å². The highest BCUT2D eigenvalue weighted by molar-refractivity contribution is 6.13. The maximum Gasteiger partial charge on any atom is 0.336 e. The number of hydrogen-bond acceptors (Lipinski definition) is 7. The molecular weight excluding hydrogens is 470 g/mol. The number of allylic oxidation sites excluding steroid dienone is 3. The van der Waals surface area contributed by atoms with Gasteiger partial charge in [-0.2, -0.15) is 0 Å². The highest BCUT2D eigenvalue weighted by Crippen LogP contribution is 2.49. The summed E-state index contributed by atoms with van der Waals surface area (Å²) in [5.41, 5.74) is 4.71. The molecule has 0 unspecified atom stereocenters. The van der Waals surface area contributed by atoms with Crippen LogP contribution in [0.25, 0.3) is 0 Å². The van der Waals surface area contributed by atoms with E-state index in [-0.39, 0.29) is 19.0 Å². The van der Waals surface area contributed by atoms with Crippen molar-refractivity contribution < 1.29 is 28.6 Å². The topological polar surface area (TPSA) is 90.9 Å². The molecule has 1 aliphatic carbocycles. The van der Waals surface area contributed by atoms with Crippen molar-refractivity contribution in [2.75, 3.05) is 20.3 Å². The number of aryl methyl sites for hydroxylation is 1. The smallest absolute Gasteiger partial charge is 0.336 e. The largest absolute Gasteiger partial charge is 0.497 e. The van der Waals surface area contributed by atoms with E-state index < -0.39 is 29.7 Å². The summed E-state index contributed by atoms with van der Waals surface area (Å²) in [7, 11) is 1.58. The molecule has 0 aromatic heterocycles. The van der Waals surface area contributed by atoms with E-state index in [0.717, 1.165) is 16.7 Å². The minimum absolute atomic E-state index is 0.159. The summed E-state index contributed by atoms with van der Waals surface area (Å²) < 4.78 is 16.2. The van der Waals surface area contributed by atoms with Crippen LogP contribution >= 0.6 is 0 Å². The number of hydrogen-bond donors (Lipinski definition) is 1. The zero-order valence-corrected chi connectivity index (χ0v) is 21.9. The molecule has 1 aliphatic heterocycles. The Bertz CT molecular complexity index is 1290. The van der Waals surface area contributed by atoms with Gasteiger partial charge in [-0.1, -0.05) is 36.4 Å². The molecule has 3 atom stereocenters. The molecule has 0 spiro atoms. The Morgan fingerprint density at radius 2 is 1.73 bits per heavy atom. The van der Waals surface area contributed by atoms with E-state index in [2.05, 4.69) is 5.32 Å². The second-order valence-electron chi connectivity index (χ2n) is 9.25. The number of ketones is 1. The molecular formula is C30H33NO6. The van der Waals surface area contributed by atoms with Crippen molar-refractivity contribution in [3.05, 3.63) is 87.8 Å². The molecule has 7 nitrogen and oxygen atoms in total. The van der Waals surface area contributed by atoms with Crippen LogP contribution in [0.5, 0.6) is 5.75 Å². The average molecular weight is 504 g/mol. The van der Waals surface area contributed by atoms with Gasteiger partial charge in [0.25, 0.3) is 0 Å². The standard InChI is InChI=1S/C30H33NO6/c1-6-36-29(33)24-18(4)31-23-16-22(19-12-10-13-20(15-19)35-5)26(30(34)37-7-2)28(32)27(23)25(24)21-14-9-8-11-17(21)3/h8-15,22,25-26,31H,6-7,16H2,1-5H3/t22-,25-,26+/m1/s1. The average Bonchev–Trinajstić information content (AvgIpc) is 2.88. The number of carbonyl (C=O) groups excluding carboxylic acids is 3. The fourth-order valence-electron chi connectivity index (χ4n) is 5.42. The van der Waals surface area contributed by atoms with Gasteiger partial charge < -0.3 is 19.5 Å². The van der Waals surface area contributed by atoms with Crippen molar-refractivity contribution in [1.29, 1.82) is 0 Å². The molecule has 0 radical (unpaired) electrons. The van der Waals surface area contributed by atoms with Gasteiger partial charge >= 0.3 is 11.9 Å². The summed E-state index contributed by atoms with van der Waals surface area (Å²) in [6.07, 6.45) is 0.396. The number of ether oxygens (including phenoxy) is 3. The molecule has 2 aliphatic rings. The fourth-order valence-corrected chi connectivity index (χ4v) is 5.42. The number of nitrogens with one attached hydrogen (secondary N) is 1. The zero-order chi connectivity index (χ0) is 26.7. The number of methoxy groups -OCH3 is 1. The second-order valence-corrected chi connectivity index (χ2v) is 9.25. The van der Waals surface area contributed by atoms with Crippen LogP contribution in [0.2, 0.25) is 0 Å². The summed E-state index contributed by atoms with van der Waals surface area (Å²) in [6, 6.07) is 15.1. The number of esters is 2. The third kappa shape index (κ3) is 4.90. The van der Waals surface area contributed by atoms with Crippen molar-refractivity contribution >= 4 is 17.7 Å². The van der Waals surface area contributed by atoms with Crippen molar-refractivity contribution in [3.8, 4) is 5.75 Å². The monoisotopic (exact) mass is 503 g/mol. The van der Waals surface area contributed by atoms with Gasteiger partial charge in [0.1, 0.15) is 11.7 Å². The lowest BCUT2D eigenvalue weighted by atomic mass is 9.66. The minimum Gasteiger partial charge on any atom is -0.497 e. The van der Waals surface area contributed by atoms with Gasteiger partial charge in [0.05, 0.1) is 25.9 Å². The molecule has 1 N–H and O–H groups in total. The summed E-state index contributed by atoms with van der Waals surface area (Å²) in [6.45, 7) is 7.61. The normalized spacial score (nSPS) is 21.2. The van der Waals surface area contributed by atoms with Crippen LogP contribution < -0.4 is 10.1 Å². The molecule has 0 saturated heterocycles. The summed E-state index contributed by atoms with van der Waals surface area (Å²) >= 11 is 0. The minimum atomic E-state index is -1.05. The van der Waals surface area contributed by atoms with Gasteiger partial charge in [-0.3, -0.25) is 9.59 Å². The highest BCUT2D eigenvalue weighted by atomic mass is 16.5. The first-order valence-electron chi connectivity index (χ1n) is 12.6. The van der Waals surface area contributed by atoms with E-state index in [4.69, 9.17) is 14.2 Å². The Kier molecular flexibility index (Phi) is 7.81. The first-order chi connectivity index (χ1) is 17.8. The Morgan fingerprint density at radius 1 is 1.00 bits per heavy atom. The van der Waals surface area contributed by atoms with Gasteiger partial charge in [-0.25, -0.2) is 4.79 Å². The number of carbonyl (C=O) groups is 3. The first kappa shape index (κ1) is 26.2. The fraction of sp³-hybridized carbons (Fsp3) is 0.367. The van der Waals surface area contributed by atoms with Crippen molar-refractivity contribution in [2.24, 2.45) is 5.92 Å². The molecule has 4 rings (SSSR count). The lowest BCUT2D eigenvalue weighted by molar-refractivity contribution is -0.152. The predicted octanol–water partition coefficient (Wildman–Crippen LogP) is 4.72. The third-order valence-corrected chi connectivity index (χ3v) is 7.08. The van der Waals surface area contributed by atoms with Gasteiger partial charge in [-0.15, -0.1) is 0 Å². The van der Waals surface area contributed by atoms with Gasteiger partial charge in [0.15, 0.2) is 5.78 Å². The molecule has 37 heavy (non-hydrogen) atoms. The molecule has 0 fully saturated rings. The van der Waals surface area contributed by atoms with E-state index in [0.29, 0.717) is 34.7 Å². The van der Waals surface area contributed by atoms with Crippen LogP contribution in [-0.2, 0) is 23.9 Å². The van der Waals surface area contributed by atoms with Crippen molar-refractivity contribution in [2.45, 2.75) is 46.0 Å². The molecule has 2 aromatic rings. The summed E-state index contributed by atoms with van der Waals surface area (Å²) in [4.78, 5) is 40.8. The van der Waals surface area contributed by atoms with Crippen LogP contribution in [-0.4, -0.2) is 38.0 Å². The van der Waals surface area contributed by atoms with Crippen LogP contribution in [0, 0.1) is 12.8 Å². The summed E-state index contributed by atoms with van der Waals surface area (Å²) in [5.74, 6) is -2.93. The lowest BCUT2D eigenvalue weighted by Gasteiger charge is -2.39. The van der Waals surface area contributed by atoms with E-state index in [9.17, 15) is 14.4 Å². The molecule has 1 heterocycles. The SMILES string of the molecule is CCOC(=O)C1=C(C)NC2=C(C(=O)[C@@H](C(=O)OCC)[C@@H](c3cccc(OC)c3)C2)[C@@H]1c1ccccc1C. The summed E-state index contributed by atoms with van der Waals surface area (Å²) in [5, 5.41) is 3.33. The Balaban J connectivity index is 1.91. The maximum absolute atomic E-state index is 14.3. The van der Waals surface area contributed by atoms with Gasteiger partial charge in [0.2, 0.25) is 0 Å². The Morgan fingerprint density at radius 3 is 2.41 bits per heavy atom. The number of rotatable bonds is 7. The van der Waals surface area contributed by atoms with Crippen molar-refractivity contribution in [1.82, 2.24) is 5.32 Å². The highest BCUT2D eigenvalue weighted by Gasteiger charge is 2.49. The first-order valence-corrected chi connectivity index (χ1v) is 12.6. The maximum atomic E-state index is 14.3. The molecule has 2 aromatic carbocycles. The van der Waals surface area contributed by atoms with Crippen LogP contribution in [0.4, 0.5) is 0 Å². The molecule has 0 bridgehead atoms. The zero-order valence-electron chi connectivity index (χ0n) is 21.9. The Labute approximate surface area is 217 Å². The van der Waals surface area contributed by atoms with E-state index in [1.165, 1.54) is 0 Å². The number of dihydropyridines is 1. The predicted molar refractivity (Wildman–Crippen MR) is 139 cm³/mol. The van der Waals surface area contributed by atoms with Crippen LogP contribution in [0.15, 0.2) is 71.1 Å². The van der Waals surface area contributed by atoms with Gasteiger partial charge in [0, 0.05) is 28.8 Å². The second kappa shape index (κ2) is 11.0. The van der Waals surface area contributed by atoms with Crippen LogP contribution in [0.3, 0.4) is 0 Å². The molecule has 0 saturated carbocycles. The van der Waals surface area contributed by atoms with E-state index in [1.807, 2.05) is 62.4 Å². The molecule has 194 valence electrons. The lowest BCUT2D eigenvalue weighted by Crippen LogP contribution is -2.43. The van der Waals surface area contributed by atoms with E-state index in [1.54, 1.807) is 21.0 Å². The van der Waals surface area contributed by atoms with E-state index >= 15 is 0 Å². The third-order valence-electron chi connectivity index (χ3n) is 7.08. The van der Waals surface area contributed by atoms with Crippen molar-refractivity contribution in [3.63, 3.8) is 0 Å². The molecule has 0 amide bonds. The molecule has 7 heteroatoms. The van der Waals surface area contributed by atoms with Gasteiger partial charge in [-0.05, 0) is 62.9 Å². The number of benzene rings is 2. The number of Topliss-reactive ketones (excluding diaryl/α,β-unsaturated/α-hetero) is 1. The Hall–Kier alpha value is -3.87.